The second-order valence-electron chi connectivity index (χ2n) is 7.19. The Labute approximate surface area is 152 Å². The van der Waals surface area contributed by atoms with Crippen molar-refractivity contribution in [2.24, 2.45) is 0 Å². The zero-order chi connectivity index (χ0) is 18.0. The van der Waals surface area contributed by atoms with E-state index in [1.54, 1.807) is 0 Å². The number of rotatable bonds is 4. The highest BCUT2D eigenvalue weighted by Crippen LogP contribution is 2.39. The molecule has 0 aliphatic heterocycles. The van der Waals surface area contributed by atoms with Crippen LogP contribution in [0.1, 0.15) is 48.9 Å². The number of benzene rings is 3. The van der Waals surface area contributed by atoms with Gasteiger partial charge >= 0.3 is 0 Å². The standard InChI is InChI=1S/C25H28/c1-6-20-23(21-13-9-7-11-18(21)4)15-16-24(25(20)17(2)3)22-14-10-8-12-19(22)5/h7-17H,6H2,1-5H3. The molecule has 3 aromatic rings. The molecule has 0 N–H and O–H groups in total. The van der Waals surface area contributed by atoms with E-state index in [0.717, 1.165) is 6.42 Å². The van der Waals surface area contributed by atoms with Gasteiger partial charge in [-0.15, -0.1) is 0 Å². The quantitative estimate of drug-likeness (QED) is 0.470. The molecule has 0 bridgehead atoms. The molecule has 0 radical (unpaired) electrons. The minimum absolute atomic E-state index is 0.494. The maximum Gasteiger partial charge on any atom is -0.0143 e. The zero-order valence-electron chi connectivity index (χ0n) is 16.1. The van der Waals surface area contributed by atoms with Crippen LogP contribution in [0.3, 0.4) is 0 Å². The van der Waals surface area contributed by atoms with Crippen molar-refractivity contribution < 1.29 is 0 Å². The Hall–Kier alpha value is -2.34. The topological polar surface area (TPSA) is 0 Å². The first-order chi connectivity index (χ1) is 12.0. The van der Waals surface area contributed by atoms with Crippen LogP contribution in [0.15, 0.2) is 60.7 Å². The first-order valence-corrected chi connectivity index (χ1v) is 9.32. The molecule has 0 heteroatoms. The first-order valence-electron chi connectivity index (χ1n) is 9.32. The fourth-order valence-corrected chi connectivity index (χ4v) is 3.94. The SMILES string of the molecule is CCc1c(-c2ccccc2C)ccc(-c2ccccc2C)c1C(C)C. The maximum absolute atomic E-state index is 2.33. The highest BCUT2D eigenvalue weighted by atomic mass is 14.2. The van der Waals surface area contributed by atoms with Crippen molar-refractivity contribution >= 4 is 0 Å². The summed E-state index contributed by atoms with van der Waals surface area (Å²) in [4.78, 5) is 0. The molecule has 0 unspecified atom stereocenters. The average molecular weight is 328 g/mol. The van der Waals surface area contributed by atoms with Gasteiger partial charge in [0.15, 0.2) is 0 Å². The fourth-order valence-electron chi connectivity index (χ4n) is 3.94. The lowest BCUT2D eigenvalue weighted by molar-refractivity contribution is 0.847. The van der Waals surface area contributed by atoms with E-state index >= 15 is 0 Å². The minimum atomic E-state index is 0.494. The van der Waals surface area contributed by atoms with E-state index in [2.05, 4.69) is 95.3 Å². The summed E-state index contributed by atoms with van der Waals surface area (Å²) in [6.07, 6.45) is 1.05. The van der Waals surface area contributed by atoms with Crippen LogP contribution in [-0.2, 0) is 6.42 Å². The Morgan fingerprint density at radius 2 is 1.12 bits per heavy atom. The number of aryl methyl sites for hydroxylation is 2. The molecule has 0 aliphatic carbocycles. The molecule has 0 fully saturated rings. The van der Waals surface area contributed by atoms with Gasteiger partial charge in [-0.05, 0) is 70.7 Å². The second kappa shape index (κ2) is 7.27. The summed E-state index contributed by atoms with van der Waals surface area (Å²) in [7, 11) is 0. The van der Waals surface area contributed by atoms with Gasteiger partial charge in [-0.2, -0.15) is 0 Å². The summed E-state index contributed by atoms with van der Waals surface area (Å²) >= 11 is 0. The summed E-state index contributed by atoms with van der Waals surface area (Å²) in [5.74, 6) is 0.494. The predicted molar refractivity (Wildman–Crippen MR) is 110 cm³/mol. The third kappa shape index (κ3) is 3.26. The normalized spacial score (nSPS) is 11.1. The van der Waals surface area contributed by atoms with Crippen molar-refractivity contribution in [2.45, 2.75) is 47.0 Å². The molecule has 0 aliphatic rings. The predicted octanol–water partition coefficient (Wildman–Crippen LogP) is 7.32. The van der Waals surface area contributed by atoms with Gasteiger partial charge < -0.3 is 0 Å². The molecule has 25 heavy (non-hydrogen) atoms. The Morgan fingerprint density at radius 1 is 0.640 bits per heavy atom. The van der Waals surface area contributed by atoms with Gasteiger partial charge in [0.1, 0.15) is 0 Å². The summed E-state index contributed by atoms with van der Waals surface area (Å²) in [5.41, 5.74) is 11.2. The van der Waals surface area contributed by atoms with Gasteiger partial charge in [-0.3, -0.25) is 0 Å². The summed E-state index contributed by atoms with van der Waals surface area (Å²) < 4.78 is 0. The van der Waals surface area contributed by atoms with Crippen LogP contribution in [0.4, 0.5) is 0 Å². The molecule has 128 valence electrons. The molecule has 0 spiro atoms. The Bertz CT molecular complexity index is 884. The molecule has 0 atom stereocenters. The number of hydrogen-bond donors (Lipinski definition) is 0. The van der Waals surface area contributed by atoms with Gasteiger partial charge in [0.25, 0.3) is 0 Å². The molecule has 3 rings (SSSR count). The van der Waals surface area contributed by atoms with Gasteiger partial charge in [-0.1, -0.05) is 81.4 Å². The van der Waals surface area contributed by atoms with E-state index in [1.807, 2.05) is 0 Å². The lowest BCUT2D eigenvalue weighted by Crippen LogP contribution is -2.03. The van der Waals surface area contributed by atoms with Crippen molar-refractivity contribution in [3.05, 3.63) is 82.9 Å². The lowest BCUT2D eigenvalue weighted by Gasteiger charge is -2.23. The Morgan fingerprint density at radius 3 is 1.60 bits per heavy atom. The maximum atomic E-state index is 2.33. The molecule has 0 amide bonds. The van der Waals surface area contributed by atoms with E-state index in [4.69, 9.17) is 0 Å². The minimum Gasteiger partial charge on any atom is -0.0620 e. The van der Waals surface area contributed by atoms with E-state index in [-0.39, 0.29) is 0 Å². The molecule has 0 heterocycles. The highest BCUT2D eigenvalue weighted by molar-refractivity contribution is 5.80. The van der Waals surface area contributed by atoms with Gasteiger partial charge in [0.2, 0.25) is 0 Å². The van der Waals surface area contributed by atoms with Crippen LogP contribution < -0.4 is 0 Å². The lowest BCUT2D eigenvalue weighted by atomic mass is 9.82. The van der Waals surface area contributed by atoms with Crippen molar-refractivity contribution in [1.82, 2.24) is 0 Å². The molecule has 0 nitrogen and oxygen atoms in total. The molecular formula is C25H28. The van der Waals surface area contributed by atoms with Crippen LogP contribution in [0, 0.1) is 13.8 Å². The highest BCUT2D eigenvalue weighted by Gasteiger charge is 2.18. The van der Waals surface area contributed by atoms with E-state index in [1.165, 1.54) is 44.5 Å². The molecule has 0 saturated carbocycles. The molecular weight excluding hydrogens is 300 g/mol. The van der Waals surface area contributed by atoms with Gasteiger partial charge in [0, 0.05) is 0 Å². The molecule has 0 aromatic heterocycles. The Balaban J connectivity index is 2.31. The van der Waals surface area contributed by atoms with Crippen molar-refractivity contribution in [3.8, 4) is 22.3 Å². The monoisotopic (exact) mass is 328 g/mol. The van der Waals surface area contributed by atoms with Crippen LogP contribution in [0.2, 0.25) is 0 Å². The zero-order valence-corrected chi connectivity index (χ0v) is 16.1. The third-order valence-electron chi connectivity index (χ3n) is 5.16. The van der Waals surface area contributed by atoms with Gasteiger partial charge in [0.05, 0.1) is 0 Å². The summed E-state index contributed by atoms with van der Waals surface area (Å²) in [5, 5.41) is 0. The second-order valence-corrected chi connectivity index (χ2v) is 7.19. The van der Waals surface area contributed by atoms with Crippen molar-refractivity contribution in [3.63, 3.8) is 0 Å². The smallest absolute Gasteiger partial charge is 0.0143 e. The largest absolute Gasteiger partial charge is 0.0620 e. The molecule has 0 saturated heterocycles. The van der Waals surface area contributed by atoms with Gasteiger partial charge in [-0.25, -0.2) is 0 Å². The average Bonchev–Trinajstić information content (AvgIpc) is 2.61. The Kier molecular flexibility index (Phi) is 5.08. The van der Waals surface area contributed by atoms with Crippen LogP contribution >= 0.6 is 0 Å². The van der Waals surface area contributed by atoms with Crippen molar-refractivity contribution in [2.75, 3.05) is 0 Å². The van der Waals surface area contributed by atoms with Crippen LogP contribution in [0.5, 0.6) is 0 Å². The van der Waals surface area contributed by atoms with E-state index in [9.17, 15) is 0 Å². The van der Waals surface area contributed by atoms with E-state index in [0.29, 0.717) is 5.92 Å². The van der Waals surface area contributed by atoms with E-state index < -0.39 is 0 Å². The number of hydrogen-bond acceptors (Lipinski definition) is 0. The van der Waals surface area contributed by atoms with Crippen LogP contribution in [0.25, 0.3) is 22.3 Å². The summed E-state index contributed by atoms with van der Waals surface area (Å²) in [6.45, 7) is 11.3. The van der Waals surface area contributed by atoms with Crippen LogP contribution in [-0.4, -0.2) is 0 Å². The molecule has 3 aromatic carbocycles. The fraction of sp³-hybridized carbons (Fsp3) is 0.280. The summed E-state index contributed by atoms with van der Waals surface area (Å²) in [6, 6.07) is 22.1. The third-order valence-corrected chi connectivity index (χ3v) is 5.16. The first kappa shape index (κ1) is 17.5. The van der Waals surface area contributed by atoms with Crippen molar-refractivity contribution in [1.29, 1.82) is 0 Å².